The molecule has 3 aromatic carbocycles. The highest BCUT2D eigenvalue weighted by molar-refractivity contribution is 5.89. The lowest BCUT2D eigenvalue weighted by Crippen LogP contribution is -2.08. The maximum Gasteiger partial charge on any atom is 0.338 e. The Morgan fingerprint density at radius 1 is 0.674 bits per heavy atom. The number of carbonyl (C=O) groups excluding carboxylic acids is 4. The molecule has 3 aromatic rings. The molecule has 0 spiro atoms. The van der Waals surface area contributed by atoms with Gasteiger partial charge in [0.2, 0.25) is 0 Å². The zero-order chi connectivity index (χ0) is 33.8. The molecule has 0 radical (unpaired) electrons. The fraction of sp³-hybridized carbons (Fsp3) is 0.278. The average molecular weight is 635 g/mol. The number of methoxy groups -OCH3 is 2. The van der Waals surface area contributed by atoms with Crippen LogP contribution in [0.2, 0.25) is 0 Å². The molecular formula is C36H42O10. The maximum absolute atomic E-state index is 12.1. The van der Waals surface area contributed by atoms with E-state index in [2.05, 4.69) is 13.2 Å². The normalized spacial score (nSPS) is 9.52. The molecule has 3 rings (SSSR count). The summed E-state index contributed by atoms with van der Waals surface area (Å²) in [6.45, 7) is 8.73. The second-order valence-electron chi connectivity index (χ2n) is 9.09. The Bertz CT molecular complexity index is 1290. The number of hydrogen-bond donors (Lipinski definition) is 0. The molecule has 0 heterocycles. The third kappa shape index (κ3) is 17.8. The van der Waals surface area contributed by atoms with Crippen LogP contribution in [-0.4, -0.2) is 71.8 Å². The van der Waals surface area contributed by atoms with E-state index >= 15 is 0 Å². The summed E-state index contributed by atoms with van der Waals surface area (Å²) in [6.07, 6.45) is 5.83. The number of rotatable bonds is 18. The Hall–Kier alpha value is -5.22. The highest BCUT2D eigenvalue weighted by Gasteiger charge is 2.08. The van der Waals surface area contributed by atoms with Crippen LogP contribution in [0.5, 0.6) is 17.2 Å². The molecule has 246 valence electrons. The quantitative estimate of drug-likeness (QED) is 0.0725. The second-order valence-corrected chi connectivity index (χ2v) is 9.09. The maximum atomic E-state index is 12.1. The van der Waals surface area contributed by atoms with E-state index in [1.165, 1.54) is 6.08 Å². The Labute approximate surface area is 270 Å². The molecule has 0 N–H and O–H groups in total. The summed E-state index contributed by atoms with van der Waals surface area (Å²) < 4.78 is 31.1. The third-order valence-corrected chi connectivity index (χ3v) is 5.72. The summed E-state index contributed by atoms with van der Waals surface area (Å²) in [5.74, 6) is 1.38. The largest absolute Gasteiger partial charge is 0.497 e. The molecule has 0 unspecified atom stereocenters. The van der Waals surface area contributed by atoms with E-state index in [1.807, 2.05) is 24.3 Å². The van der Waals surface area contributed by atoms with E-state index in [9.17, 15) is 14.4 Å². The fourth-order valence-electron chi connectivity index (χ4n) is 3.34. The van der Waals surface area contributed by atoms with Gasteiger partial charge in [-0.1, -0.05) is 25.3 Å². The van der Waals surface area contributed by atoms with Crippen LogP contribution >= 0.6 is 0 Å². The van der Waals surface area contributed by atoms with Crippen LogP contribution in [0.3, 0.4) is 0 Å². The lowest BCUT2D eigenvalue weighted by atomic mass is 10.1. The van der Waals surface area contributed by atoms with Crippen molar-refractivity contribution in [2.45, 2.75) is 19.3 Å². The van der Waals surface area contributed by atoms with Crippen LogP contribution in [0.15, 0.2) is 98.1 Å². The summed E-state index contributed by atoms with van der Waals surface area (Å²) >= 11 is 0. The van der Waals surface area contributed by atoms with Crippen molar-refractivity contribution >= 4 is 24.5 Å². The number of benzene rings is 3. The standard InChI is InChI=1S/C22H24O6.C11H14O3.C3H4O/c1-3-21(23)27-15-4-14-26-20-11-7-18(8-12-20)22(24)28-16-13-17-5-9-19(25-2)10-6-17;1-13-7-2-8-14-11-5-3-10(9-12)4-6-11;1-2-3-4/h3,5-12H,1,4,13-16H2,2H3;3-6,9H,2,7-8H2,1H3;2-3H,1H2. The Morgan fingerprint density at radius 3 is 1.72 bits per heavy atom. The van der Waals surface area contributed by atoms with Crippen LogP contribution in [0.1, 0.15) is 39.1 Å². The molecule has 0 atom stereocenters. The molecule has 0 amide bonds. The van der Waals surface area contributed by atoms with E-state index < -0.39 is 5.97 Å². The van der Waals surface area contributed by atoms with Gasteiger partial charge in [-0.05, 0) is 72.3 Å². The molecule has 0 aliphatic carbocycles. The zero-order valence-corrected chi connectivity index (χ0v) is 26.4. The minimum atomic E-state index is -0.449. The molecular weight excluding hydrogens is 592 g/mol. The topological polar surface area (TPSA) is 124 Å². The van der Waals surface area contributed by atoms with Crippen LogP contribution in [0, 0.1) is 0 Å². The first-order valence-electron chi connectivity index (χ1n) is 14.5. The van der Waals surface area contributed by atoms with Gasteiger partial charge in [0.05, 0.1) is 39.1 Å². The summed E-state index contributed by atoms with van der Waals surface area (Å²) in [7, 11) is 3.28. The average Bonchev–Trinajstić information content (AvgIpc) is 3.11. The van der Waals surface area contributed by atoms with E-state index in [1.54, 1.807) is 62.8 Å². The first kappa shape index (κ1) is 38.8. The lowest BCUT2D eigenvalue weighted by Gasteiger charge is -2.08. The fourth-order valence-corrected chi connectivity index (χ4v) is 3.34. The van der Waals surface area contributed by atoms with Gasteiger partial charge >= 0.3 is 11.9 Å². The van der Waals surface area contributed by atoms with Crippen molar-refractivity contribution in [1.82, 2.24) is 0 Å². The van der Waals surface area contributed by atoms with Gasteiger partial charge in [-0.2, -0.15) is 0 Å². The smallest absolute Gasteiger partial charge is 0.338 e. The Kier molecular flexibility index (Phi) is 21.2. The van der Waals surface area contributed by atoms with Gasteiger partial charge in [0.15, 0.2) is 0 Å². The summed E-state index contributed by atoms with van der Waals surface area (Å²) in [5, 5.41) is 0. The lowest BCUT2D eigenvalue weighted by molar-refractivity contribution is -0.137. The minimum Gasteiger partial charge on any atom is -0.497 e. The van der Waals surface area contributed by atoms with Crippen LogP contribution < -0.4 is 14.2 Å². The number of allylic oxidation sites excluding steroid dienone is 1. The SMILES string of the molecule is C=CC(=O)OCCCOc1ccc(C(=O)OCCc2ccc(OC)cc2)cc1.C=CC=O.COCCCOc1ccc(C=O)cc1. The van der Waals surface area contributed by atoms with Crippen molar-refractivity contribution in [2.24, 2.45) is 0 Å². The molecule has 0 aliphatic heterocycles. The second kappa shape index (κ2) is 25.1. The highest BCUT2D eigenvalue weighted by Crippen LogP contribution is 2.15. The molecule has 0 saturated carbocycles. The summed E-state index contributed by atoms with van der Waals surface area (Å²) in [6, 6.07) is 21.4. The molecule has 0 aliphatic rings. The van der Waals surface area contributed by atoms with Gasteiger partial charge in [-0.3, -0.25) is 9.59 Å². The molecule has 0 fully saturated rings. The molecule has 10 heteroatoms. The van der Waals surface area contributed by atoms with Crippen LogP contribution in [-0.2, 0) is 30.2 Å². The van der Waals surface area contributed by atoms with Gasteiger partial charge in [0.1, 0.15) is 29.8 Å². The molecule has 0 bridgehead atoms. The van der Waals surface area contributed by atoms with Crippen molar-refractivity contribution in [3.63, 3.8) is 0 Å². The monoisotopic (exact) mass is 634 g/mol. The number of ether oxygens (including phenoxy) is 6. The van der Waals surface area contributed by atoms with Crippen molar-refractivity contribution in [3.8, 4) is 17.2 Å². The molecule has 10 nitrogen and oxygen atoms in total. The van der Waals surface area contributed by atoms with Crippen molar-refractivity contribution in [3.05, 3.63) is 115 Å². The molecule has 0 aromatic heterocycles. The third-order valence-electron chi connectivity index (χ3n) is 5.72. The number of carbonyl (C=O) groups is 4. The highest BCUT2D eigenvalue weighted by atomic mass is 16.5. The predicted octanol–water partition coefficient (Wildman–Crippen LogP) is 5.88. The van der Waals surface area contributed by atoms with Crippen LogP contribution in [0.25, 0.3) is 0 Å². The molecule has 46 heavy (non-hydrogen) atoms. The first-order chi connectivity index (χ1) is 22.4. The first-order valence-corrected chi connectivity index (χ1v) is 14.5. The summed E-state index contributed by atoms with van der Waals surface area (Å²) in [4.78, 5) is 42.4. The van der Waals surface area contributed by atoms with Crippen molar-refractivity contribution in [1.29, 1.82) is 0 Å². The summed E-state index contributed by atoms with van der Waals surface area (Å²) in [5.41, 5.74) is 2.19. The predicted molar refractivity (Wildman–Crippen MR) is 175 cm³/mol. The van der Waals surface area contributed by atoms with Crippen molar-refractivity contribution < 1.29 is 47.6 Å². The molecule has 0 saturated heterocycles. The van der Waals surface area contributed by atoms with E-state index in [0.717, 1.165) is 35.8 Å². The van der Waals surface area contributed by atoms with E-state index in [0.29, 0.717) is 62.4 Å². The Morgan fingerprint density at radius 2 is 1.22 bits per heavy atom. The zero-order valence-electron chi connectivity index (χ0n) is 26.4. The van der Waals surface area contributed by atoms with E-state index in [4.69, 9.17) is 33.2 Å². The minimum absolute atomic E-state index is 0.267. The van der Waals surface area contributed by atoms with Gasteiger partial charge in [0.25, 0.3) is 0 Å². The van der Waals surface area contributed by atoms with Gasteiger partial charge in [-0.25, -0.2) is 9.59 Å². The number of esters is 2. The van der Waals surface area contributed by atoms with Gasteiger partial charge < -0.3 is 28.4 Å². The Balaban J connectivity index is 0.000000488. The van der Waals surface area contributed by atoms with Gasteiger partial charge in [0, 0.05) is 44.6 Å². The van der Waals surface area contributed by atoms with Gasteiger partial charge in [-0.15, -0.1) is 0 Å². The number of aldehydes is 2. The van der Waals surface area contributed by atoms with Crippen molar-refractivity contribution in [2.75, 3.05) is 47.3 Å². The van der Waals surface area contributed by atoms with E-state index in [-0.39, 0.29) is 12.6 Å². The number of hydrogen-bond acceptors (Lipinski definition) is 10. The van der Waals surface area contributed by atoms with Crippen LogP contribution in [0.4, 0.5) is 0 Å².